The van der Waals surface area contributed by atoms with E-state index in [2.05, 4.69) is 20.3 Å². The fourth-order valence-corrected chi connectivity index (χ4v) is 2.87. The van der Waals surface area contributed by atoms with E-state index in [0.29, 0.717) is 12.1 Å². The van der Waals surface area contributed by atoms with Gasteiger partial charge in [0.05, 0.1) is 24.5 Å². The Balaban J connectivity index is 1.61. The Labute approximate surface area is 141 Å². The standard InChI is InChI=1S/C17H23N5O2/c1-12-16(13(2)21(3)20-12)17(23)19-11-14-4-5-15(18-10-14)22-6-8-24-9-7-22/h4-5,10H,6-9,11H2,1-3H3,(H,19,23). The molecule has 0 saturated carbocycles. The van der Waals surface area contributed by atoms with Crippen LogP contribution >= 0.6 is 0 Å². The number of ether oxygens (including phenoxy) is 1. The van der Waals surface area contributed by atoms with Crippen molar-refractivity contribution in [1.29, 1.82) is 0 Å². The first-order chi connectivity index (χ1) is 11.6. The van der Waals surface area contributed by atoms with Crippen LogP contribution in [0.5, 0.6) is 0 Å². The van der Waals surface area contributed by atoms with Crippen molar-refractivity contribution in [3.8, 4) is 0 Å². The first kappa shape index (κ1) is 16.4. The molecule has 3 rings (SSSR count). The van der Waals surface area contributed by atoms with Gasteiger partial charge in [-0.15, -0.1) is 0 Å². The number of rotatable bonds is 4. The fraction of sp³-hybridized carbons (Fsp3) is 0.471. The van der Waals surface area contributed by atoms with Gasteiger partial charge >= 0.3 is 0 Å². The third kappa shape index (κ3) is 3.41. The number of carbonyl (C=O) groups excluding carboxylic acids is 1. The Morgan fingerprint density at radius 3 is 2.62 bits per heavy atom. The van der Waals surface area contributed by atoms with Gasteiger partial charge in [-0.25, -0.2) is 4.98 Å². The van der Waals surface area contributed by atoms with Crippen LogP contribution in [0.3, 0.4) is 0 Å². The number of anilines is 1. The highest BCUT2D eigenvalue weighted by atomic mass is 16.5. The number of hydrogen-bond donors (Lipinski definition) is 1. The van der Waals surface area contributed by atoms with Crippen LogP contribution in [0.4, 0.5) is 5.82 Å². The summed E-state index contributed by atoms with van der Waals surface area (Å²) in [5, 5.41) is 7.22. The average Bonchev–Trinajstić information content (AvgIpc) is 2.86. The number of morpholine rings is 1. The topological polar surface area (TPSA) is 72.3 Å². The molecule has 1 aliphatic heterocycles. The van der Waals surface area contributed by atoms with Crippen LogP contribution in [-0.4, -0.2) is 47.0 Å². The van der Waals surface area contributed by atoms with Gasteiger partial charge in [-0.2, -0.15) is 5.10 Å². The first-order valence-corrected chi connectivity index (χ1v) is 8.12. The second-order valence-electron chi connectivity index (χ2n) is 5.98. The molecule has 7 heteroatoms. The summed E-state index contributed by atoms with van der Waals surface area (Å²) in [6.07, 6.45) is 1.81. The zero-order valence-corrected chi connectivity index (χ0v) is 14.4. The lowest BCUT2D eigenvalue weighted by Crippen LogP contribution is -2.36. The van der Waals surface area contributed by atoms with E-state index in [4.69, 9.17) is 4.74 Å². The Morgan fingerprint density at radius 2 is 2.04 bits per heavy atom. The number of pyridine rings is 1. The summed E-state index contributed by atoms with van der Waals surface area (Å²) in [5.74, 6) is 0.850. The minimum Gasteiger partial charge on any atom is -0.378 e. The SMILES string of the molecule is Cc1nn(C)c(C)c1C(=O)NCc1ccc(N2CCOCC2)nc1. The molecule has 128 valence electrons. The fourth-order valence-electron chi connectivity index (χ4n) is 2.87. The highest BCUT2D eigenvalue weighted by molar-refractivity contribution is 5.96. The molecule has 0 unspecified atom stereocenters. The van der Waals surface area contributed by atoms with Crippen LogP contribution in [0.1, 0.15) is 27.3 Å². The maximum absolute atomic E-state index is 12.4. The van der Waals surface area contributed by atoms with E-state index in [-0.39, 0.29) is 5.91 Å². The molecule has 24 heavy (non-hydrogen) atoms. The molecule has 0 aliphatic carbocycles. The van der Waals surface area contributed by atoms with E-state index in [0.717, 1.165) is 49.1 Å². The number of hydrogen-bond acceptors (Lipinski definition) is 5. The minimum atomic E-state index is -0.102. The Morgan fingerprint density at radius 1 is 1.29 bits per heavy atom. The van der Waals surface area contributed by atoms with Crippen molar-refractivity contribution in [1.82, 2.24) is 20.1 Å². The third-order valence-electron chi connectivity index (χ3n) is 4.33. The van der Waals surface area contributed by atoms with E-state index in [1.54, 1.807) is 4.68 Å². The smallest absolute Gasteiger partial charge is 0.255 e. The molecule has 0 radical (unpaired) electrons. The molecule has 2 aromatic heterocycles. The van der Waals surface area contributed by atoms with Gasteiger partial charge in [-0.1, -0.05) is 6.07 Å². The molecule has 1 fully saturated rings. The van der Waals surface area contributed by atoms with Crippen molar-refractivity contribution in [2.45, 2.75) is 20.4 Å². The minimum absolute atomic E-state index is 0.102. The number of aryl methyl sites for hydroxylation is 2. The normalized spacial score (nSPS) is 14.7. The van der Waals surface area contributed by atoms with Crippen molar-refractivity contribution in [3.05, 3.63) is 40.8 Å². The average molecular weight is 329 g/mol. The van der Waals surface area contributed by atoms with Gasteiger partial charge < -0.3 is 15.0 Å². The molecule has 0 bridgehead atoms. The molecule has 2 aromatic rings. The second-order valence-corrected chi connectivity index (χ2v) is 5.98. The predicted molar refractivity (Wildman–Crippen MR) is 91.1 cm³/mol. The molecular weight excluding hydrogens is 306 g/mol. The van der Waals surface area contributed by atoms with Gasteiger partial charge in [0.2, 0.25) is 0 Å². The van der Waals surface area contributed by atoms with Crippen LogP contribution in [0.15, 0.2) is 18.3 Å². The van der Waals surface area contributed by atoms with Gasteiger partial charge in [-0.05, 0) is 25.5 Å². The quantitative estimate of drug-likeness (QED) is 0.912. The first-order valence-electron chi connectivity index (χ1n) is 8.12. The predicted octanol–water partition coefficient (Wildman–Crippen LogP) is 1.20. The molecule has 1 aliphatic rings. The number of nitrogens with zero attached hydrogens (tertiary/aromatic N) is 4. The summed E-state index contributed by atoms with van der Waals surface area (Å²) in [5.41, 5.74) is 3.23. The lowest BCUT2D eigenvalue weighted by molar-refractivity contribution is 0.0949. The summed E-state index contributed by atoms with van der Waals surface area (Å²) in [7, 11) is 1.84. The number of aromatic nitrogens is 3. The van der Waals surface area contributed by atoms with E-state index < -0.39 is 0 Å². The highest BCUT2D eigenvalue weighted by Crippen LogP contribution is 2.14. The Hall–Kier alpha value is -2.41. The van der Waals surface area contributed by atoms with Crippen LogP contribution in [0, 0.1) is 13.8 Å². The number of nitrogens with one attached hydrogen (secondary N) is 1. The second kappa shape index (κ2) is 7.00. The summed E-state index contributed by atoms with van der Waals surface area (Å²) < 4.78 is 7.07. The maximum Gasteiger partial charge on any atom is 0.255 e. The molecule has 0 aromatic carbocycles. The van der Waals surface area contributed by atoms with E-state index in [9.17, 15) is 4.79 Å². The Bertz CT molecular complexity index is 717. The van der Waals surface area contributed by atoms with E-state index >= 15 is 0 Å². The monoisotopic (exact) mass is 329 g/mol. The molecule has 7 nitrogen and oxygen atoms in total. The van der Waals surface area contributed by atoms with Gasteiger partial charge in [0.1, 0.15) is 5.82 Å². The number of carbonyl (C=O) groups is 1. The summed E-state index contributed by atoms with van der Waals surface area (Å²) in [4.78, 5) is 19.1. The van der Waals surface area contributed by atoms with Crippen molar-refractivity contribution < 1.29 is 9.53 Å². The maximum atomic E-state index is 12.4. The van der Waals surface area contributed by atoms with Gasteiger partial charge in [0, 0.05) is 38.6 Å². The highest BCUT2D eigenvalue weighted by Gasteiger charge is 2.17. The van der Waals surface area contributed by atoms with E-state index in [1.807, 2.05) is 39.2 Å². The van der Waals surface area contributed by atoms with Crippen molar-refractivity contribution in [3.63, 3.8) is 0 Å². The summed E-state index contributed by atoms with van der Waals surface area (Å²) >= 11 is 0. The largest absolute Gasteiger partial charge is 0.378 e. The van der Waals surface area contributed by atoms with Crippen LogP contribution in [0.2, 0.25) is 0 Å². The molecule has 0 spiro atoms. The molecular formula is C17H23N5O2. The van der Waals surface area contributed by atoms with Gasteiger partial charge in [0.25, 0.3) is 5.91 Å². The summed E-state index contributed by atoms with van der Waals surface area (Å²) in [6.45, 7) is 7.40. The molecule has 3 heterocycles. The van der Waals surface area contributed by atoms with Gasteiger partial charge in [0.15, 0.2) is 0 Å². The zero-order valence-electron chi connectivity index (χ0n) is 14.4. The van der Waals surface area contributed by atoms with Crippen LogP contribution in [0.25, 0.3) is 0 Å². The zero-order chi connectivity index (χ0) is 17.1. The Kier molecular flexibility index (Phi) is 4.80. The molecule has 0 atom stereocenters. The molecule has 1 N–H and O–H groups in total. The van der Waals surface area contributed by atoms with Crippen LogP contribution < -0.4 is 10.2 Å². The lowest BCUT2D eigenvalue weighted by Gasteiger charge is -2.27. The van der Waals surface area contributed by atoms with Crippen molar-refractivity contribution >= 4 is 11.7 Å². The number of amides is 1. The summed E-state index contributed by atoms with van der Waals surface area (Å²) in [6, 6.07) is 3.99. The third-order valence-corrected chi connectivity index (χ3v) is 4.33. The lowest BCUT2D eigenvalue weighted by atomic mass is 10.2. The van der Waals surface area contributed by atoms with E-state index in [1.165, 1.54) is 0 Å². The van der Waals surface area contributed by atoms with Gasteiger partial charge in [-0.3, -0.25) is 9.48 Å². The molecule has 1 amide bonds. The molecule has 1 saturated heterocycles. The van der Waals surface area contributed by atoms with Crippen LogP contribution in [-0.2, 0) is 18.3 Å². The van der Waals surface area contributed by atoms with Crippen molar-refractivity contribution in [2.24, 2.45) is 7.05 Å². The van der Waals surface area contributed by atoms with Crippen molar-refractivity contribution in [2.75, 3.05) is 31.2 Å².